The van der Waals surface area contributed by atoms with Crippen LogP contribution >= 0.6 is 21.6 Å². The molecule has 2 aliphatic heterocycles. The number of hydrogen-bond donors (Lipinski definition) is 5. The zero-order valence-corrected chi connectivity index (χ0v) is 30.3. The number of aliphatic hydroxyl groups is 3. The van der Waals surface area contributed by atoms with Crippen LogP contribution in [-0.2, 0) is 0 Å². The fourth-order valence-corrected chi connectivity index (χ4v) is 11.0. The molecule has 5 N–H and O–H groups in total. The van der Waals surface area contributed by atoms with E-state index in [1.807, 2.05) is 29.0 Å². The summed E-state index contributed by atoms with van der Waals surface area (Å²) in [6, 6.07) is 10.7. The van der Waals surface area contributed by atoms with E-state index in [2.05, 4.69) is 6.92 Å². The molecular formula is C39H48O9S2. The molecule has 7 rings (SSSR count). The number of rotatable bonds is 8. The van der Waals surface area contributed by atoms with Crippen LogP contribution < -0.4 is 18.9 Å². The Labute approximate surface area is 301 Å². The molecule has 270 valence electrons. The highest BCUT2D eigenvalue weighted by Crippen LogP contribution is 2.60. The van der Waals surface area contributed by atoms with Gasteiger partial charge >= 0.3 is 0 Å². The molecule has 9 nitrogen and oxygen atoms in total. The van der Waals surface area contributed by atoms with Crippen LogP contribution in [0.4, 0.5) is 0 Å². The quantitative estimate of drug-likeness (QED) is 0.149. The smallest absolute Gasteiger partial charge is 0.200 e. The van der Waals surface area contributed by atoms with Gasteiger partial charge in [0.1, 0.15) is 30.0 Å². The Balaban J connectivity index is 1.42. The predicted molar refractivity (Wildman–Crippen MR) is 196 cm³/mol. The minimum absolute atomic E-state index is 0.00350. The van der Waals surface area contributed by atoms with Crippen LogP contribution in [0.15, 0.2) is 36.4 Å². The van der Waals surface area contributed by atoms with Crippen molar-refractivity contribution < 1.29 is 44.5 Å². The summed E-state index contributed by atoms with van der Waals surface area (Å²) < 4.78 is 24.9. The summed E-state index contributed by atoms with van der Waals surface area (Å²) in [6.07, 6.45) is 5.01. The number of ether oxygens (including phenoxy) is 4. The summed E-state index contributed by atoms with van der Waals surface area (Å²) >= 11 is 0. The highest BCUT2D eigenvalue weighted by molar-refractivity contribution is 8.76. The van der Waals surface area contributed by atoms with Gasteiger partial charge in [0, 0.05) is 46.1 Å². The fraction of sp³-hybridized carbons (Fsp3) is 0.538. The molecule has 2 aliphatic carbocycles. The van der Waals surface area contributed by atoms with Crippen LogP contribution in [0.3, 0.4) is 0 Å². The molecule has 2 bridgehead atoms. The summed E-state index contributed by atoms with van der Waals surface area (Å²) in [4.78, 5) is 0. The van der Waals surface area contributed by atoms with Crippen LogP contribution in [0.5, 0.6) is 34.5 Å². The van der Waals surface area contributed by atoms with Gasteiger partial charge in [-0.15, -0.1) is 0 Å². The molecule has 4 aliphatic rings. The third kappa shape index (κ3) is 6.72. The molecule has 0 radical (unpaired) electrons. The third-order valence-electron chi connectivity index (χ3n) is 11.0. The number of hydrogen-bond acceptors (Lipinski definition) is 11. The van der Waals surface area contributed by atoms with Crippen LogP contribution in [0.1, 0.15) is 98.0 Å². The van der Waals surface area contributed by atoms with Crippen molar-refractivity contribution >= 4 is 21.6 Å². The number of phenols is 2. The van der Waals surface area contributed by atoms with Crippen LogP contribution in [-0.4, -0.2) is 76.2 Å². The Hall–Kier alpha value is -2.96. The summed E-state index contributed by atoms with van der Waals surface area (Å²) in [6.45, 7) is 2.01. The average Bonchev–Trinajstić information content (AvgIpc) is 3.63. The van der Waals surface area contributed by atoms with E-state index in [1.165, 1.54) is 7.11 Å². The molecule has 50 heavy (non-hydrogen) atoms. The second kappa shape index (κ2) is 15.3. The zero-order chi connectivity index (χ0) is 34.9. The maximum absolute atomic E-state index is 12.4. The molecule has 0 saturated heterocycles. The first-order valence-electron chi connectivity index (χ1n) is 17.9. The van der Waals surface area contributed by atoms with E-state index in [9.17, 15) is 25.5 Å². The lowest BCUT2D eigenvalue weighted by molar-refractivity contribution is 0.00376. The fourth-order valence-electron chi connectivity index (χ4n) is 8.43. The normalized spacial score (nSPS) is 26.5. The van der Waals surface area contributed by atoms with Gasteiger partial charge in [-0.25, -0.2) is 0 Å². The van der Waals surface area contributed by atoms with E-state index < -0.39 is 12.2 Å². The van der Waals surface area contributed by atoms with Gasteiger partial charge in [-0.2, -0.15) is 0 Å². The molecule has 1 fully saturated rings. The molecule has 3 aromatic carbocycles. The maximum atomic E-state index is 12.4. The van der Waals surface area contributed by atoms with Gasteiger partial charge < -0.3 is 44.5 Å². The van der Waals surface area contributed by atoms with Crippen molar-refractivity contribution in [3.8, 4) is 45.6 Å². The zero-order valence-electron chi connectivity index (χ0n) is 28.7. The summed E-state index contributed by atoms with van der Waals surface area (Å²) in [7, 11) is 5.05. The van der Waals surface area contributed by atoms with Crippen molar-refractivity contribution in [3.63, 3.8) is 0 Å². The van der Waals surface area contributed by atoms with E-state index in [1.54, 1.807) is 29.0 Å². The largest absolute Gasteiger partial charge is 0.508 e. The topological polar surface area (TPSA) is 138 Å². The molecule has 0 amide bonds. The van der Waals surface area contributed by atoms with Gasteiger partial charge in [-0.1, -0.05) is 41.0 Å². The van der Waals surface area contributed by atoms with Crippen molar-refractivity contribution in [2.75, 3.05) is 38.4 Å². The monoisotopic (exact) mass is 724 g/mol. The van der Waals surface area contributed by atoms with E-state index in [-0.39, 0.29) is 60.9 Å². The molecule has 0 spiro atoms. The molecule has 6 atom stereocenters. The molecule has 0 aromatic heterocycles. The van der Waals surface area contributed by atoms with E-state index in [4.69, 9.17) is 18.9 Å². The van der Waals surface area contributed by atoms with Crippen molar-refractivity contribution in [3.05, 3.63) is 58.7 Å². The molecule has 1 saturated carbocycles. The van der Waals surface area contributed by atoms with Crippen LogP contribution in [0, 0.1) is 5.92 Å². The van der Waals surface area contributed by atoms with E-state index in [0.717, 1.165) is 78.5 Å². The van der Waals surface area contributed by atoms with Gasteiger partial charge in [0.25, 0.3) is 0 Å². The highest BCUT2D eigenvalue weighted by Gasteiger charge is 2.46. The molecule has 2 heterocycles. The number of phenolic OH excluding ortho intramolecular Hbond substituents is 2. The first-order valence-corrected chi connectivity index (χ1v) is 20.4. The average molecular weight is 725 g/mol. The van der Waals surface area contributed by atoms with Crippen molar-refractivity contribution in [2.24, 2.45) is 5.92 Å². The lowest BCUT2D eigenvalue weighted by Gasteiger charge is -2.43. The Bertz CT molecular complexity index is 1680. The number of fused-ring (bicyclic) bond motifs is 4. The highest BCUT2D eigenvalue weighted by atomic mass is 33.1. The van der Waals surface area contributed by atoms with Gasteiger partial charge in [-0.3, -0.25) is 0 Å². The summed E-state index contributed by atoms with van der Waals surface area (Å²) in [5, 5.41) is 55.2. The summed E-state index contributed by atoms with van der Waals surface area (Å²) in [5.74, 6) is 2.97. The van der Waals surface area contributed by atoms with Gasteiger partial charge in [0.2, 0.25) is 5.75 Å². The molecule has 6 unspecified atom stereocenters. The predicted octanol–water partition coefficient (Wildman–Crippen LogP) is 7.42. The Kier molecular flexibility index (Phi) is 10.9. The lowest BCUT2D eigenvalue weighted by atomic mass is 9.66. The summed E-state index contributed by atoms with van der Waals surface area (Å²) in [5.41, 5.74) is 5.06. The van der Waals surface area contributed by atoms with Gasteiger partial charge in [0.15, 0.2) is 17.6 Å². The minimum atomic E-state index is -0.986. The lowest BCUT2D eigenvalue weighted by Crippen LogP contribution is -2.37. The van der Waals surface area contributed by atoms with Crippen molar-refractivity contribution in [2.45, 2.75) is 87.9 Å². The minimum Gasteiger partial charge on any atom is -0.508 e. The maximum Gasteiger partial charge on any atom is 0.200 e. The van der Waals surface area contributed by atoms with Gasteiger partial charge in [-0.05, 0) is 91.3 Å². The number of benzene rings is 3. The first kappa shape index (κ1) is 35.4. The molecule has 11 heteroatoms. The third-order valence-corrected chi connectivity index (χ3v) is 13.5. The Morgan fingerprint density at radius 3 is 2.44 bits per heavy atom. The van der Waals surface area contributed by atoms with Crippen molar-refractivity contribution in [1.29, 1.82) is 0 Å². The standard InChI is InChI=1S/C39H48O9S2/c1-21-7-9-25-27-17-23(42)8-10-26(27)34-30(46-13-12-40)18-31-35(36(34)28(25)19-41)29(20-50-49-14-11-21)37(43)39(48-31)22-15-32(45-2)38(44)33(16-22)47-24-5-3-4-6-24/h8,10,15-18,21,24-25,28-29,37,39-44H,3-7,9,11-14,19-20H2,1-2H3. The SMILES string of the molecule is COc1cc(C2Oc3cc(OCCO)c4c5c3C(CSSCCC(C)CCC(c3cc(O)ccc3-4)C5CO)C2O)cc(OC2CCCC2)c1O. The van der Waals surface area contributed by atoms with Crippen molar-refractivity contribution in [1.82, 2.24) is 0 Å². The van der Waals surface area contributed by atoms with E-state index >= 15 is 0 Å². The molecule has 3 aromatic rings. The van der Waals surface area contributed by atoms with Crippen LogP contribution in [0.25, 0.3) is 11.1 Å². The Morgan fingerprint density at radius 1 is 0.880 bits per heavy atom. The molecular weight excluding hydrogens is 677 g/mol. The number of aromatic hydroxyl groups is 2. The number of aliphatic hydroxyl groups excluding tert-OH is 3. The Morgan fingerprint density at radius 2 is 1.68 bits per heavy atom. The number of methoxy groups -OCH3 is 1. The first-order chi connectivity index (χ1) is 24.3. The second-order valence-corrected chi connectivity index (χ2v) is 16.7. The van der Waals surface area contributed by atoms with E-state index in [0.29, 0.717) is 34.5 Å². The van der Waals surface area contributed by atoms with Crippen LogP contribution in [0.2, 0.25) is 0 Å². The second-order valence-electron chi connectivity index (χ2n) is 14.1. The van der Waals surface area contributed by atoms with Gasteiger partial charge in [0.05, 0.1) is 26.4 Å².